The standard InChI is InChI=1S/C27H26N2O5/c1-27(26(32)28-17-18-8-6-12-22(14-18)33-2)16-20-9-4-5-13-23(20)24(30)29(27)21-11-7-10-19(15-21)25(31)34-3/h4-15H,16-17H2,1-3H3,(H,28,32)/t27-/m1/s1. The molecule has 3 aromatic carbocycles. The molecule has 0 saturated heterocycles. The maximum Gasteiger partial charge on any atom is 0.337 e. The smallest absolute Gasteiger partial charge is 0.337 e. The molecule has 0 aromatic heterocycles. The molecule has 0 bridgehead atoms. The summed E-state index contributed by atoms with van der Waals surface area (Å²) >= 11 is 0. The van der Waals surface area contributed by atoms with Crippen molar-refractivity contribution in [2.24, 2.45) is 0 Å². The van der Waals surface area contributed by atoms with Crippen molar-refractivity contribution in [2.45, 2.75) is 25.4 Å². The van der Waals surface area contributed by atoms with Crippen molar-refractivity contribution in [1.29, 1.82) is 0 Å². The third kappa shape index (κ3) is 4.24. The maximum absolute atomic E-state index is 13.7. The highest BCUT2D eigenvalue weighted by molar-refractivity contribution is 6.14. The Morgan fingerprint density at radius 2 is 1.76 bits per heavy atom. The van der Waals surface area contributed by atoms with Crippen molar-refractivity contribution < 1.29 is 23.9 Å². The van der Waals surface area contributed by atoms with Gasteiger partial charge in [0.15, 0.2) is 0 Å². The zero-order valence-electron chi connectivity index (χ0n) is 19.3. The van der Waals surface area contributed by atoms with Gasteiger partial charge >= 0.3 is 5.97 Å². The average Bonchev–Trinajstić information content (AvgIpc) is 2.87. The first kappa shape index (κ1) is 23.0. The number of ether oxygens (including phenoxy) is 2. The molecule has 0 saturated carbocycles. The second-order valence-corrected chi connectivity index (χ2v) is 8.32. The number of benzene rings is 3. The molecule has 4 rings (SSSR count). The first-order valence-electron chi connectivity index (χ1n) is 10.9. The number of carbonyl (C=O) groups excluding carboxylic acids is 3. The van der Waals surface area contributed by atoms with E-state index in [-0.39, 0.29) is 18.4 Å². The lowest BCUT2D eigenvalue weighted by Crippen LogP contribution is -2.63. The van der Waals surface area contributed by atoms with Crippen LogP contribution in [0.1, 0.15) is 38.8 Å². The molecule has 0 aliphatic carbocycles. The van der Waals surface area contributed by atoms with Gasteiger partial charge in [-0.25, -0.2) is 4.79 Å². The van der Waals surface area contributed by atoms with E-state index < -0.39 is 11.5 Å². The summed E-state index contributed by atoms with van der Waals surface area (Å²) in [7, 11) is 2.89. The van der Waals surface area contributed by atoms with Crippen LogP contribution in [-0.4, -0.2) is 37.5 Å². The van der Waals surface area contributed by atoms with Crippen LogP contribution >= 0.6 is 0 Å². The first-order chi connectivity index (χ1) is 16.4. The van der Waals surface area contributed by atoms with E-state index in [4.69, 9.17) is 9.47 Å². The molecule has 1 N–H and O–H groups in total. The lowest BCUT2D eigenvalue weighted by molar-refractivity contribution is -0.126. The molecule has 1 atom stereocenters. The average molecular weight is 459 g/mol. The first-order valence-corrected chi connectivity index (χ1v) is 10.9. The van der Waals surface area contributed by atoms with Gasteiger partial charge in [0, 0.05) is 24.2 Å². The number of hydrogen-bond donors (Lipinski definition) is 1. The van der Waals surface area contributed by atoms with E-state index in [9.17, 15) is 14.4 Å². The molecule has 2 amide bonds. The number of hydrogen-bond acceptors (Lipinski definition) is 5. The molecule has 1 heterocycles. The summed E-state index contributed by atoms with van der Waals surface area (Å²) in [6.07, 6.45) is 0.321. The minimum absolute atomic E-state index is 0.275. The van der Waals surface area contributed by atoms with Crippen molar-refractivity contribution >= 4 is 23.5 Å². The molecule has 0 radical (unpaired) electrons. The van der Waals surface area contributed by atoms with Gasteiger partial charge in [0.1, 0.15) is 11.3 Å². The van der Waals surface area contributed by atoms with E-state index in [0.29, 0.717) is 29.0 Å². The quantitative estimate of drug-likeness (QED) is 0.569. The van der Waals surface area contributed by atoms with Crippen LogP contribution in [0.25, 0.3) is 0 Å². The van der Waals surface area contributed by atoms with E-state index in [1.54, 1.807) is 50.4 Å². The summed E-state index contributed by atoms with van der Waals surface area (Å²) in [4.78, 5) is 40.9. The number of rotatable bonds is 6. The Labute approximate surface area is 198 Å². The number of carbonyl (C=O) groups is 3. The number of methoxy groups -OCH3 is 2. The molecule has 7 nitrogen and oxygen atoms in total. The maximum atomic E-state index is 13.7. The van der Waals surface area contributed by atoms with E-state index in [1.165, 1.54) is 12.0 Å². The van der Waals surface area contributed by atoms with E-state index in [2.05, 4.69) is 5.32 Å². The number of esters is 1. The monoisotopic (exact) mass is 458 g/mol. The fourth-order valence-corrected chi connectivity index (χ4v) is 4.31. The Balaban J connectivity index is 1.72. The zero-order chi connectivity index (χ0) is 24.3. The summed E-state index contributed by atoms with van der Waals surface area (Å²) in [5, 5.41) is 2.98. The molecule has 1 aliphatic heterocycles. The van der Waals surface area contributed by atoms with Gasteiger partial charge in [-0.15, -0.1) is 0 Å². The molecule has 1 aliphatic rings. The van der Waals surface area contributed by atoms with Crippen LogP contribution in [0.15, 0.2) is 72.8 Å². The highest BCUT2D eigenvalue weighted by Crippen LogP contribution is 2.36. The van der Waals surface area contributed by atoms with Crippen LogP contribution in [0.4, 0.5) is 5.69 Å². The molecule has 174 valence electrons. The Bertz CT molecular complexity index is 1260. The summed E-state index contributed by atoms with van der Waals surface area (Å²) in [6.45, 7) is 2.02. The van der Waals surface area contributed by atoms with Crippen molar-refractivity contribution in [3.63, 3.8) is 0 Å². The normalized spacial score (nSPS) is 17.0. The predicted molar refractivity (Wildman–Crippen MR) is 128 cm³/mol. The number of nitrogens with zero attached hydrogens (tertiary/aromatic N) is 1. The van der Waals surface area contributed by atoms with Crippen molar-refractivity contribution in [1.82, 2.24) is 5.32 Å². The van der Waals surface area contributed by atoms with Crippen LogP contribution in [-0.2, 0) is 22.5 Å². The second kappa shape index (κ2) is 9.39. The van der Waals surface area contributed by atoms with Crippen molar-refractivity contribution in [2.75, 3.05) is 19.1 Å². The Hall–Kier alpha value is -4.13. The van der Waals surface area contributed by atoms with Gasteiger partial charge in [-0.1, -0.05) is 36.4 Å². The minimum Gasteiger partial charge on any atom is -0.497 e. The third-order valence-corrected chi connectivity index (χ3v) is 6.08. The number of amides is 2. The largest absolute Gasteiger partial charge is 0.497 e. The fraction of sp³-hybridized carbons (Fsp3) is 0.222. The Morgan fingerprint density at radius 1 is 1.00 bits per heavy atom. The van der Waals surface area contributed by atoms with E-state index in [1.807, 2.05) is 36.4 Å². The van der Waals surface area contributed by atoms with Crippen LogP contribution < -0.4 is 15.0 Å². The molecule has 0 fully saturated rings. The van der Waals surface area contributed by atoms with Crippen molar-refractivity contribution in [3.05, 3.63) is 95.1 Å². The number of anilines is 1. The van der Waals surface area contributed by atoms with Gasteiger partial charge < -0.3 is 14.8 Å². The van der Waals surface area contributed by atoms with Gasteiger partial charge in [-0.3, -0.25) is 14.5 Å². The van der Waals surface area contributed by atoms with E-state index >= 15 is 0 Å². The number of fused-ring (bicyclic) bond motifs is 1. The van der Waals surface area contributed by atoms with Gasteiger partial charge in [-0.2, -0.15) is 0 Å². The van der Waals surface area contributed by atoms with Gasteiger partial charge in [0.05, 0.1) is 19.8 Å². The van der Waals surface area contributed by atoms with Gasteiger partial charge in [-0.05, 0) is 54.4 Å². The minimum atomic E-state index is -1.22. The summed E-state index contributed by atoms with van der Waals surface area (Å²) in [6, 6.07) is 21.3. The third-order valence-electron chi connectivity index (χ3n) is 6.08. The lowest BCUT2D eigenvalue weighted by Gasteiger charge is -2.44. The molecule has 7 heteroatoms. The van der Waals surface area contributed by atoms with E-state index in [0.717, 1.165) is 11.1 Å². The highest BCUT2D eigenvalue weighted by Gasteiger charge is 2.47. The fourth-order valence-electron chi connectivity index (χ4n) is 4.31. The number of nitrogens with one attached hydrogen (secondary N) is 1. The second-order valence-electron chi connectivity index (χ2n) is 8.32. The SMILES string of the molecule is COC(=O)c1cccc(N2C(=O)c3ccccc3C[C@]2(C)C(=O)NCc2cccc(OC)c2)c1. The van der Waals surface area contributed by atoms with Gasteiger partial charge in [0.2, 0.25) is 5.91 Å². The highest BCUT2D eigenvalue weighted by atomic mass is 16.5. The van der Waals surface area contributed by atoms with Crippen LogP contribution in [0.2, 0.25) is 0 Å². The molecule has 0 unspecified atom stereocenters. The molecular weight excluding hydrogens is 432 g/mol. The van der Waals surface area contributed by atoms with Crippen LogP contribution in [0.3, 0.4) is 0 Å². The predicted octanol–water partition coefficient (Wildman–Crippen LogP) is 3.76. The topological polar surface area (TPSA) is 84.9 Å². The molecule has 3 aromatic rings. The van der Waals surface area contributed by atoms with Crippen molar-refractivity contribution in [3.8, 4) is 5.75 Å². The van der Waals surface area contributed by atoms with Gasteiger partial charge in [0.25, 0.3) is 5.91 Å². The summed E-state index contributed by atoms with van der Waals surface area (Å²) in [5.41, 5.74) is 1.72. The Kier molecular flexibility index (Phi) is 6.36. The molecule has 0 spiro atoms. The van der Waals surface area contributed by atoms with Crippen LogP contribution in [0.5, 0.6) is 5.75 Å². The lowest BCUT2D eigenvalue weighted by atomic mass is 9.82. The zero-order valence-corrected chi connectivity index (χ0v) is 19.3. The summed E-state index contributed by atoms with van der Waals surface area (Å²) < 4.78 is 10.1. The summed E-state index contributed by atoms with van der Waals surface area (Å²) in [5.74, 6) is -0.429. The molecular formula is C27H26N2O5. The Morgan fingerprint density at radius 3 is 2.53 bits per heavy atom. The molecule has 34 heavy (non-hydrogen) atoms. The van der Waals surface area contributed by atoms with Crippen LogP contribution in [0, 0.1) is 0 Å².